The van der Waals surface area contributed by atoms with Crippen LogP contribution in [0, 0.1) is 28.6 Å². The van der Waals surface area contributed by atoms with Gasteiger partial charge < -0.3 is 10.6 Å². The van der Waals surface area contributed by atoms with Gasteiger partial charge in [-0.3, -0.25) is 19.0 Å². The fourth-order valence-electron chi connectivity index (χ4n) is 7.29. The quantitative estimate of drug-likeness (QED) is 0.615. The second kappa shape index (κ2) is 6.65. The van der Waals surface area contributed by atoms with Crippen LogP contribution in [0.1, 0.15) is 58.8 Å². The lowest BCUT2D eigenvalue weighted by Crippen LogP contribution is -2.40. The molecule has 2 bridgehead atoms. The van der Waals surface area contributed by atoms with Crippen molar-refractivity contribution in [2.24, 2.45) is 28.6 Å². The Morgan fingerprint density at radius 1 is 1.06 bits per heavy atom. The molecule has 3 aromatic rings. The van der Waals surface area contributed by atoms with Crippen LogP contribution in [-0.2, 0) is 6.54 Å². The molecule has 33 heavy (non-hydrogen) atoms. The number of fused-ring (bicyclic) bond motifs is 3. The number of hydrogen-bond donors (Lipinski definition) is 2. The number of pyridine rings is 2. The molecule has 0 saturated heterocycles. The van der Waals surface area contributed by atoms with Crippen LogP contribution in [0.5, 0.6) is 0 Å². The second-order valence-corrected chi connectivity index (χ2v) is 10.8. The summed E-state index contributed by atoms with van der Waals surface area (Å²) < 4.78 is 1.72. The predicted molar refractivity (Wildman–Crippen MR) is 121 cm³/mol. The number of carbonyl (C=O) groups excluding carboxylic acids is 2. The van der Waals surface area contributed by atoms with Gasteiger partial charge in [-0.25, -0.2) is 4.98 Å². The lowest BCUT2D eigenvalue weighted by molar-refractivity contribution is 0.0888. The van der Waals surface area contributed by atoms with Gasteiger partial charge in [-0.1, -0.05) is 12.1 Å². The number of hydrogen-bond acceptors (Lipinski definition) is 4. The molecule has 168 valence electrons. The van der Waals surface area contributed by atoms with Crippen molar-refractivity contribution in [2.45, 2.75) is 38.6 Å². The molecule has 4 fully saturated rings. The summed E-state index contributed by atoms with van der Waals surface area (Å²) in [7, 11) is 0. The SMILES string of the molecule is O=C(NCc1ccccn1)c1cn2c(C(=O)NCC34CC5C[C@@H]5C5(CC5C3)C4)cccc2n1. The summed E-state index contributed by atoms with van der Waals surface area (Å²) >= 11 is 0. The third-order valence-electron chi connectivity index (χ3n) is 8.76. The van der Waals surface area contributed by atoms with E-state index in [0.717, 1.165) is 30.0 Å². The molecule has 7 rings (SSSR count). The van der Waals surface area contributed by atoms with Crippen LogP contribution >= 0.6 is 0 Å². The number of nitrogens with one attached hydrogen (secondary N) is 2. The van der Waals surface area contributed by atoms with Crippen molar-refractivity contribution in [3.63, 3.8) is 0 Å². The minimum Gasteiger partial charge on any atom is -0.350 e. The van der Waals surface area contributed by atoms with Crippen LogP contribution in [0.25, 0.3) is 5.65 Å². The molecule has 0 aromatic carbocycles. The fourth-order valence-corrected chi connectivity index (χ4v) is 7.29. The minimum atomic E-state index is -0.286. The average Bonchev–Trinajstić information content (AvgIpc) is 3.66. The normalized spacial score (nSPS) is 32.7. The molecule has 5 atom stereocenters. The Morgan fingerprint density at radius 3 is 2.88 bits per heavy atom. The largest absolute Gasteiger partial charge is 0.350 e. The summed E-state index contributed by atoms with van der Waals surface area (Å²) in [4.78, 5) is 34.5. The molecule has 7 heteroatoms. The zero-order chi connectivity index (χ0) is 22.2. The average molecular weight is 442 g/mol. The molecule has 2 N–H and O–H groups in total. The molecule has 7 nitrogen and oxygen atoms in total. The monoisotopic (exact) mass is 441 g/mol. The highest BCUT2D eigenvalue weighted by Gasteiger charge is 2.76. The van der Waals surface area contributed by atoms with Crippen LogP contribution < -0.4 is 10.6 Å². The second-order valence-electron chi connectivity index (χ2n) is 10.8. The van der Waals surface area contributed by atoms with Gasteiger partial charge in [0.25, 0.3) is 11.8 Å². The number of aromatic nitrogens is 3. The molecular weight excluding hydrogens is 414 g/mol. The first-order valence-electron chi connectivity index (χ1n) is 12.0. The first-order chi connectivity index (χ1) is 16.1. The van der Waals surface area contributed by atoms with Crippen LogP contribution in [0.2, 0.25) is 0 Å². The van der Waals surface area contributed by atoms with Gasteiger partial charge in [-0.15, -0.1) is 0 Å². The molecule has 4 unspecified atom stereocenters. The zero-order valence-electron chi connectivity index (χ0n) is 18.5. The smallest absolute Gasteiger partial charge is 0.271 e. The van der Waals surface area contributed by atoms with E-state index in [2.05, 4.69) is 20.6 Å². The molecule has 1 spiro atoms. The highest BCUT2D eigenvalue weighted by atomic mass is 16.2. The van der Waals surface area contributed by atoms with Gasteiger partial charge in [0.2, 0.25) is 0 Å². The molecule has 0 aliphatic heterocycles. The third-order valence-corrected chi connectivity index (χ3v) is 8.76. The lowest BCUT2D eigenvalue weighted by Gasteiger charge is -2.36. The number of rotatable bonds is 6. The predicted octanol–water partition coefficient (Wildman–Crippen LogP) is 3.22. The Kier molecular flexibility index (Phi) is 3.88. The third kappa shape index (κ3) is 3.01. The van der Waals surface area contributed by atoms with Gasteiger partial charge in [0, 0.05) is 18.9 Å². The molecular formula is C26H27N5O2. The van der Waals surface area contributed by atoms with Crippen LogP contribution in [0.15, 0.2) is 48.8 Å². The van der Waals surface area contributed by atoms with E-state index in [1.807, 2.05) is 30.3 Å². The van der Waals surface area contributed by atoms with Gasteiger partial charge in [0.1, 0.15) is 17.0 Å². The number of amides is 2. The van der Waals surface area contributed by atoms with Crippen LogP contribution in [0.3, 0.4) is 0 Å². The summed E-state index contributed by atoms with van der Waals surface area (Å²) in [5.74, 6) is 2.44. The Labute approximate surface area is 192 Å². The van der Waals surface area contributed by atoms with E-state index in [9.17, 15) is 9.59 Å². The lowest BCUT2D eigenvalue weighted by atomic mass is 9.71. The number of nitrogens with zero attached hydrogens (tertiary/aromatic N) is 3. The number of imidazole rings is 1. The minimum absolute atomic E-state index is 0.0969. The van der Waals surface area contributed by atoms with Crippen molar-refractivity contribution < 1.29 is 9.59 Å². The van der Waals surface area contributed by atoms with Gasteiger partial charge >= 0.3 is 0 Å². The maximum atomic E-state index is 13.2. The van der Waals surface area contributed by atoms with Gasteiger partial charge in [-0.2, -0.15) is 0 Å². The first kappa shape index (κ1) is 19.3. The Morgan fingerprint density at radius 2 is 2.00 bits per heavy atom. The van der Waals surface area contributed by atoms with Crippen molar-refractivity contribution in [3.05, 3.63) is 65.9 Å². The Hall–Kier alpha value is -3.22. The number of carbonyl (C=O) groups is 2. The van der Waals surface area contributed by atoms with E-state index >= 15 is 0 Å². The van der Waals surface area contributed by atoms with Crippen molar-refractivity contribution >= 4 is 17.5 Å². The molecule has 4 aliphatic carbocycles. The van der Waals surface area contributed by atoms with Crippen LogP contribution in [-0.4, -0.2) is 32.7 Å². The summed E-state index contributed by atoms with van der Waals surface area (Å²) in [5, 5.41) is 6.09. The summed E-state index contributed by atoms with van der Waals surface area (Å²) in [6, 6.07) is 11.0. The van der Waals surface area contributed by atoms with Gasteiger partial charge in [-0.05, 0) is 85.0 Å². The summed E-state index contributed by atoms with van der Waals surface area (Å²) in [6.07, 6.45) is 10.1. The van der Waals surface area contributed by atoms with Gasteiger partial charge in [0.15, 0.2) is 0 Å². The Bertz CT molecular complexity index is 1280. The van der Waals surface area contributed by atoms with E-state index in [0.29, 0.717) is 28.7 Å². The Balaban J connectivity index is 1.06. The topological polar surface area (TPSA) is 88.4 Å². The van der Waals surface area contributed by atoms with E-state index in [4.69, 9.17) is 0 Å². The van der Waals surface area contributed by atoms with Gasteiger partial charge in [0.05, 0.1) is 12.2 Å². The molecule has 4 aliphatic rings. The van der Waals surface area contributed by atoms with E-state index in [-0.39, 0.29) is 17.5 Å². The summed E-state index contributed by atoms with van der Waals surface area (Å²) in [5.41, 5.74) is 3.11. The van der Waals surface area contributed by atoms with E-state index < -0.39 is 0 Å². The molecule has 0 radical (unpaired) electrons. The van der Waals surface area contributed by atoms with Crippen LogP contribution in [0.4, 0.5) is 0 Å². The fraction of sp³-hybridized carbons (Fsp3) is 0.462. The maximum absolute atomic E-state index is 13.2. The highest BCUT2D eigenvalue weighted by molar-refractivity contribution is 5.95. The molecule has 2 amide bonds. The molecule has 3 heterocycles. The standard InChI is InChI=1S/C26H27N5O2/c32-23(28-12-18-4-1-2-7-27-18)20-13-31-21(5-3-6-22(31)30-20)24(33)29-15-25-9-16-8-19(16)26(14-25)11-17(26)10-25/h1-7,13,16-17,19H,8-12,14-15H2,(H,28,32)(H,29,33)/t16?,17?,19-,25?,26?/m0/s1. The van der Waals surface area contributed by atoms with Crippen molar-refractivity contribution in [3.8, 4) is 0 Å². The summed E-state index contributed by atoms with van der Waals surface area (Å²) in [6.45, 7) is 1.09. The van der Waals surface area contributed by atoms with E-state index in [1.165, 1.54) is 32.1 Å². The molecule has 4 saturated carbocycles. The first-order valence-corrected chi connectivity index (χ1v) is 12.0. The molecule has 3 aromatic heterocycles. The van der Waals surface area contributed by atoms with Crippen molar-refractivity contribution in [1.29, 1.82) is 0 Å². The van der Waals surface area contributed by atoms with E-state index in [1.54, 1.807) is 22.9 Å². The van der Waals surface area contributed by atoms with Crippen molar-refractivity contribution in [2.75, 3.05) is 6.54 Å². The highest BCUT2D eigenvalue weighted by Crippen LogP contribution is 2.83. The van der Waals surface area contributed by atoms with Crippen molar-refractivity contribution in [1.82, 2.24) is 25.0 Å². The zero-order valence-corrected chi connectivity index (χ0v) is 18.5. The maximum Gasteiger partial charge on any atom is 0.271 e.